The summed E-state index contributed by atoms with van der Waals surface area (Å²) in [4.78, 5) is 29.0. The van der Waals surface area contributed by atoms with Crippen molar-refractivity contribution in [3.8, 4) is 0 Å². The fourth-order valence-corrected chi connectivity index (χ4v) is 4.08. The molecule has 0 aromatic rings. The predicted octanol–water partition coefficient (Wildman–Crippen LogP) is 3.34. The van der Waals surface area contributed by atoms with Gasteiger partial charge in [-0.1, -0.05) is 12.2 Å². The highest BCUT2D eigenvalue weighted by Crippen LogP contribution is 2.41. The summed E-state index contributed by atoms with van der Waals surface area (Å²) in [6, 6.07) is 0. The van der Waals surface area contributed by atoms with E-state index in [0.29, 0.717) is 5.91 Å². The summed E-state index contributed by atoms with van der Waals surface area (Å²) in [5, 5.41) is 0. The predicted molar refractivity (Wildman–Crippen MR) is 92.6 cm³/mol. The number of amides is 2. The highest BCUT2D eigenvalue weighted by Gasteiger charge is 2.50. The van der Waals surface area contributed by atoms with E-state index in [1.54, 1.807) is 0 Å². The molecule has 5 heteroatoms. The van der Waals surface area contributed by atoms with Gasteiger partial charge in [0.15, 0.2) is 0 Å². The number of nitrogens with zero attached hydrogens (tertiary/aromatic N) is 2. The molecular weight excluding hydrogens is 304 g/mol. The fraction of sp³-hybridized carbons (Fsp3) is 0.789. The minimum atomic E-state index is -0.459. The molecule has 0 saturated carbocycles. The van der Waals surface area contributed by atoms with Gasteiger partial charge < -0.3 is 14.5 Å². The van der Waals surface area contributed by atoms with E-state index in [1.807, 2.05) is 30.6 Å². The van der Waals surface area contributed by atoms with E-state index >= 15 is 0 Å². The topological polar surface area (TPSA) is 49.9 Å². The first-order valence-electron chi connectivity index (χ1n) is 9.25. The molecule has 2 aliphatic heterocycles. The van der Waals surface area contributed by atoms with Crippen molar-refractivity contribution >= 4 is 12.0 Å². The van der Waals surface area contributed by atoms with Gasteiger partial charge >= 0.3 is 6.09 Å². The molecule has 3 aliphatic rings. The van der Waals surface area contributed by atoms with Gasteiger partial charge in [-0.15, -0.1) is 0 Å². The summed E-state index contributed by atoms with van der Waals surface area (Å²) < 4.78 is 5.54. The van der Waals surface area contributed by atoms with E-state index in [2.05, 4.69) is 12.2 Å². The third-order valence-corrected chi connectivity index (χ3v) is 5.61. The summed E-state index contributed by atoms with van der Waals surface area (Å²) in [5.41, 5.74) is -0.537. The Morgan fingerprint density at radius 3 is 2.25 bits per heavy atom. The molecule has 1 aliphatic carbocycles. The maximum atomic E-state index is 12.7. The van der Waals surface area contributed by atoms with Crippen LogP contribution in [0.2, 0.25) is 0 Å². The van der Waals surface area contributed by atoms with Gasteiger partial charge in [-0.3, -0.25) is 4.79 Å². The van der Waals surface area contributed by atoms with Gasteiger partial charge in [-0.2, -0.15) is 0 Å². The third kappa shape index (κ3) is 3.45. The lowest BCUT2D eigenvalue weighted by Gasteiger charge is -2.56. The van der Waals surface area contributed by atoms with Gasteiger partial charge in [0, 0.05) is 25.6 Å². The van der Waals surface area contributed by atoms with Gasteiger partial charge in [0.1, 0.15) is 5.60 Å². The molecule has 0 aromatic carbocycles. The Kier molecular flexibility index (Phi) is 4.63. The van der Waals surface area contributed by atoms with Crippen LogP contribution < -0.4 is 0 Å². The van der Waals surface area contributed by atoms with Crippen LogP contribution in [0.25, 0.3) is 0 Å². The Labute approximate surface area is 145 Å². The Balaban J connectivity index is 1.55. The van der Waals surface area contributed by atoms with E-state index < -0.39 is 5.60 Å². The number of hydrogen-bond acceptors (Lipinski definition) is 3. The lowest BCUT2D eigenvalue weighted by molar-refractivity contribution is -0.140. The van der Waals surface area contributed by atoms with Crippen LogP contribution in [-0.2, 0) is 9.53 Å². The van der Waals surface area contributed by atoms with E-state index in [4.69, 9.17) is 4.74 Å². The van der Waals surface area contributed by atoms with Crippen molar-refractivity contribution in [2.75, 3.05) is 19.6 Å². The maximum absolute atomic E-state index is 12.7. The molecule has 24 heavy (non-hydrogen) atoms. The van der Waals surface area contributed by atoms with Crippen LogP contribution in [0, 0.1) is 5.92 Å². The van der Waals surface area contributed by atoms with Crippen molar-refractivity contribution in [2.24, 2.45) is 5.92 Å². The lowest BCUT2D eigenvalue weighted by atomic mass is 9.76. The first-order chi connectivity index (χ1) is 11.3. The number of rotatable bonds is 1. The molecule has 0 bridgehead atoms. The quantitative estimate of drug-likeness (QED) is 0.691. The molecule has 2 amide bonds. The zero-order chi connectivity index (χ0) is 17.4. The minimum Gasteiger partial charge on any atom is -0.444 e. The molecule has 2 saturated heterocycles. The van der Waals surface area contributed by atoms with Crippen molar-refractivity contribution < 1.29 is 14.3 Å². The van der Waals surface area contributed by atoms with E-state index in [-0.39, 0.29) is 17.6 Å². The van der Waals surface area contributed by atoms with Crippen LogP contribution in [0.15, 0.2) is 12.2 Å². The Bertz CT molecular complexity index is 527. The molecular formula is C19H30N2O3. The first kappa shape index (κ1) is 17.3. The monoisotopic (exact) mass is 334 g/mol. The number of piperidine rings is 1. The molecule has 2 heterocycles. The Morgan fingerprint density at radius 2 is 1.75 bits per heavy atom. The molecule has 1 spiro atoms. The second-order valence-electron chi connectivity index (χ2n) is 8.41. The second-order valence-corrected chi connectivity index (χ2v) is 8.41. The number of hydrogen-bond donors (Lipinski definition) is 0. The molecule has 3 rings (SSSR count). The highest BCUT2D eigenvalue weighted by molar-refractivity contribution is 5.79. The molecule has 0 aromatic heterocycles. The van der Waals surface area contributed by atoms with Gasteiger partial charge in [-0.05, 0) is 59.3 Å². The minimum absolute atomic E-state index is 0.0778. The number of carbonyl (C=O) groups is 2. The Hall–Kier alpha value is -1.52. The number of ether oxygens (including phenoxy) is 1. The van der Waals surface area contributed by atoms with Gasteiger partial charge in [0.05, 0.1) is 5.54 Å². The van der Waals surface area contributed by atoms with Crippen LogP contribution in [-0.4, -0.2) is 52.6 Å². The van der Waals surface area contributed by atoms with Crippen molar-refractivity contribution in [1.29, 1.82) is 0 Å². The van der Waals surface area contributed by atoms with Gasteiger partial charge in [0.2, 0.25) is 5.91 Å². The summed E-state index contributed by atoms with van der Waals surface area (Å²) in [6.45, 7) is 8.00. The second kappa shape index (κ2) is 6.41. The molecule has 5 nitrogen and oxygen atoms in total. The fourth-order valence-electron chi connectivity index (χ4n) is 4.08. The van der Waals surface area contributed by atoms with E-state index in [0.717, 1.165) is 58.2 Å². The molecule has 2 fully saturated rings. The zero-order valence-corrected chi connectivity index (χ0v) is 15.2. The van der Waals surface area contributed by atoms with E-state index in [9.17, 15) is 9.59 Å². The SMILES string of the molecule is CC(C)(C)OC(=O)N1CCC12CCN(C(=O)[C@H]1CC=CCC1)CC2. The number of allylic oxidation sites excluding steroid dienone is 2. The average Bonchev–Trinajstić information content (AvgIpc) is 2.52. The van der Waals surface area contributed by atoms with Gasteiger partial charge in [-0.25, -0.2) is 4.79 Å². The summed E-state index contributed by atoms with van der Waals surface area (Å²) >= 11 is 0. The van der Waals surface area contributed by atoms with Crippen LogP contribution in [0.4, 0.5) is 4.79 Å². The summed E-state index contributed by atoms with van der Waals surface area (Å²) in [6.07, 6.45) is 9.74. The van der Waals surface area contributed by atoms with Crippen LogP contribution in [0.5, 0.6) is 0 Å². The standard InChI is InChI=1S/C19H30N2O3/c1-18(2,3)24-17(23)21-14-11-19(21)9-12-20(13-10-19)16(22)15-7-5-4-6-8-15/h4-5,15H,6-14H2,1-3H3/t15-/m0/s1. The molecule has 1 atom stereocenters. The van der Waals surface area contributed by atoms with Crippen molar-refractivity contribution in [1.82, 2.24) is 9.80 Å². The lowest BCUT2D eigenvalue weighted by Crippen LogP contribution is -2.66. The normalized spacial score (nSPS) is 26.2. The van der Waals surface area contributed by atoms with Crippen molar-refractivity contribution in [2.45, 2.75) is 70.4 Å². The van der Waals surface area contributed by atoms with Crippen molar-refractivity contribution in [3.63, 3.8) is 0 Å². The van der Waals surface area contributed by atoms with Gasteiger partial charge in [0.25, 0.3) is 0 Å². The molecule has 0 radical (unpaired) electrons. The number of likely N-dealkylation sites (tertiary alicyclic amines) is 2. The molecule has 134 valence electrons. The average molecular weight is 334 g/mol. The first-order valence-corrected chi connectivity index (χ1v) is 9.25. The highest BCUT2D eigenvalue weighted by atomic mass is 16.6. The maximum Gasteiger partial charge on any atom is 0.410 e. The van der Waals surface area contributed by atoms with Crippen LogP contribution >= 0.6 is 0 Å². The molecule has 0 unspecified atom stereocenters. The van der Waals surface area contributed by atoms with Crippen molar-refractivity contribution in [3.05, 3.63) is 12.2 Å². The third-order valence-electron chi connectivity index (χ3n) is 5.61. The zero-order valence-electron chi connectivity index (χ0n) is 15.2. The summed E-state index contributed by atoms with van der Waals surface area (Å²) in [5.74, 6) is 0.463. The van der Waals surface area contributed by atoms with E-state index in [1.165, 1.54) is 0 Å². The Morgan fingerprint density at radius 1 is 1.08 bits per heavy atom. The number of carbonyl (C=O) groups excluding carboxylic acids is 2. The van der Waals surface area contributed by atoms with Crippen LogP contribution in [0.1, 0.15) is 59.3 Å². The summed E-state index contributed by atoms with van der Waals surface area (Å²) in [7, 11) is 0. The largest absolute Gasteiger partial charge is 0.444 e. The van der Waals surface area contributed by atoms with Crippen LogP contribution in [0.3, 0.4) is 0 Å². The smallest absolute Gasteiger partial charge is 0.410 e. The molecule has 0 N–H and O–H groups in total.